The van der Waals surface area contributed by atoms with Crippen molar-refractivity contribution >= 4 is 5.91 Å². The number of carbonyl (C=O) groups is 1. The summed E-state index contributed by atoms with van der Waals surface area (Å²) in [7, 11) is 0. The lowest BCUT2D eigenvalue weighted by molar-refractivity contribution is -0.134. The highest BCUT2D eigenvalue weighted by molar-refractivity contribution is 5.77. The Kier molecular flexibility index (Phi) is 5.41. The molecule has 104 valence electrons. The molecular formula is C13H24N2O3. The van der Waals surface area contributed by atoms with Crippen LogP contribution in [0.5, 0.6) is 0 Å². The number of nitrogens with zero attached hydrogens (tertiary/aromatic N) is 1. The number of aliphatic hydroxyl groups is 1. The molecule has 0 aromatic rings. The summed E-state index contributed by atoms with van der Waals surface area (Å²) >= 11 is 0. The van der Waals surface area contributed by atoms with Crippen LogP contribution in [0.15, 0.2) is 0 Å². The van der Waals surface area contributed by atoms with Gasteiger partial charge < -0.3 is 20.1 Å². The summed E-state index contributed by atoms with van der Waals surface area (Å²) in [6.45, 7) is 3.12. The fourth-order valence-corrected chi connectivity index (χ4v) is 2.76. The molecule has 18 heavy (non-hydrogen) atoms. The van der Waals surface area contributed by atoms with Crippen LogP contribution in [0, 0.1) is 0 Å². The molecule has 2 fully saturated rings. The number of ether oxygens (including phenoxy) is 1. The lowest BCUT2D eigenvalue weighted by Gasteiger charge is -2.32. The number of piperidine rings is 1. The smallest absolute Gasteiger partial charge is 0.224 e. The van der Waals surface area contributed by atoms with Gasteiger partial charge in [0.1, 0.15) is 0 Å². The van der Waals surface area contributed by atoms with Crippen LogP contribution >= 0.6 is 0 Å². The molecule has 0 bridgehead atoms. The van der Waals surface area contributed by atoms with E-state index < -0.39 is 0 Å². The Balaban J connectivity index is 1.66. The molecule has 5 heteroatoms. The Bertz CT molecular complexity index is 259. The number of nitrogens with one attached hydrogen (secondary N) is 1. The number of amides is 1. The van der Waals surface area contributed by atoms with Gasteiger partial charge in [0.2, 0.25) is 5.91 Å². The fourth-order valence-electron chi connectivity index (χ4n) is 2.76. The number of likely N-dealkylation sites (tertiary alicyclic amines) is 1. The molecule has 0 spiro atoms. The molecule has 2 rings (SSSR count). The topological polar surface area (TPSA) is 61.8 Å². The minimum atomic E-state index is 0.0759. The Morgan fingerprint density at radius 2 is 2.11 bits per heavy atom. The van der Waals surface area contributed by atoms with E-state index in [1.807, 2.05) is 4.90 Å². The third-order valence-corrected chi connectivity index (χ3v) is 3.82. The molecule has 5 nitrogen and oxygen atoms in total. The van der Waals surface area contributed by atoms with E-state index in [0.717, 1.165) is 38.9 Å². The highest BCUT2D eigenvalue weighted by Gasteiger charge is 2.25. The quantitative estimate of drug-likeness (QED) is 0.734. The Labute approximate surface area is 108 Å². The Morgan fingerprint density at radius 1 is 1.33 bits per heavy atom. The minimum absolute atomic E-state index is 0.0759. The van der Waals surface area contributed by atoms with Gasteiger partial charge in [-0.05, 0) is 32.2 Å². The molecule has 2 saturated heterocycles. The minimum Gasteiger partial charge on any atom is -0.394 e. The summed E-state index contributed by atoms with van der Waals surface area (Å²) in [6.07, 6.45) is 4.96. The van der Waals surface area contributed by atoms with Gasteiger partial charge in [0.15, 0.2) is 0 Å². The first-order valence-corrected chi connectivity index (χ1v) is 7.03. The molecule has 2 aliphatic rings. The van der Waals surface area contributed by atoms with Crippen LogP contribution < -0.4 is 5.32 Å². The van der Waals surface area contributed by atoms with E-state index in [1.165, 1.54) is 6.42 Å². The van der Waals surface area contributed by atoms with E-state index >= 15 is 0 Å². The average molecular weight is 256 g/mol. The molecule has 1 atom stereocenters. The number of hydrogen-bond donors (Lipinski definition) is 2. The summed E-state index contributed by atoms with van der Waals surface area (Å²) in [6, 6.07) is 0.390. The van der Waals surface area contributed by atoms with Gasteiger partial charge in [-0.1, -0.05) is 0 Å². The van der Waals surface area contributed by atoms with Crippen LogP contribution in [-0.4, -0.2) is 60.9 Å². The first-order chi connectivity index (χ1) is 8.79. The lowest BCUT2D eigenvalue weighted by atomic mass is 10.1. The second kappa shape index (κ2) is 7.07. The first-order valence-electron chi connectivity index (χ1n) is 7.03. The largest absolute Gasteiger partial charge is 0.394 e. The zero-order valence-electron chi connectivity index (χ0n) is 10.9. The van der Waals surface area contributed by atoms with E-state index in [0.29, 0.717) is 19.1 Å². The van der Waals surface area contributed by atoms with Crippen molar-refractivity contribution in [3.8, 4) is 0 Å². The van der Waals surface area contributed by atoms with Gasteiger partial charge in [-0.2, -0.15) is 0 Å². The molecule has 0 aromatic heterocycles. The second-order valence-corrected chi connectivity index (χ2v) is 5.17. The van der Waals surface area contributed by atoms with Crippen LogP contribution in [0.1, 0.15) is 32.1 Å². The van der Waals surface area contributed by atoms with Crippen molar-refractivity contribution in [2.24, 2.45) is 0 Å². The van der Waals surface area contributed by atoms with E-state index in [4.69, 9.17) is 9.84 Å². The van der Waals surface area contributed by atoms with Crippen LogP contribution in [0.25, 0.3) is 0 Å². The van der Waals surface area contributed by atoms with E-state index in [9.17, 15) is 4.79 Å². The van der Waals surface area contributed by atoms with Crippen molar-refractivity contribution < 1.29 is 14.6 Å². The highest BCUT2D eigenvalue weighted by atomic mass is 16.5. The molecule has 1 amide bonds. The van der Waals surface area contributed by atoms with Gasteiger partial charge in [-0.25, -0.2) is 0 Å². The average Bonchev–Trinajstić information content (AvgIpc) is 2.89. The monoisotopic (exact) mass is 256 g/mol. The van der Waals surface area contributed by atoms with Crippen molar-refractivity contribution in [2.45, 2.75) is 44.2 Å². The molecule has 2 aliphatic heterocycles. The summed E-state index contributed by atoms with van der Waals surface area (Å²) in [4.78, 5) is 14.0. The summed E-state index contributed by atoms with van der Waals surface area (Å²) in [5.74, 6) is 0.273. The molecule has 2 N–H and O–H groups in total. The molecule has 0 radical (unpaired) electrons. The maximum atomic E-state index is 12.1. The summed E-state index contributed by atoms with van der Waals surface area (Å²) in [5.41, 5.74) is 0. The lowest BCUT2D eigenvalue weighted by Crippen LogP contribution is -2.43. The predicted octanol–water partition coefficient (Wildman–Crippen LogP) is 0.128. The van der Waals surface area contributed by atoms with Crippen molar-refractivity contribution in [1.82, 2.24) is 10.2 Å². The number of rotatable bonds is 5. The summed E-state index contributed by atoms with van der Waals surface area (Å²) < 4.78 is 5.49. The van der Waals surface area contributed by atoms with Crippen molar-refractivity contribution in [3.63, 3.8) is 0 Å². The van der Waals surface area contributed by atoms with Gasteiger partial charge in [-0.15, -0.1) is 0 Å². The number of hydrogen-bond acceptors (Lipinski definition) is 4. The number of aliphatic hydroxyl groups excluding tert-OH is 1. The first kappa shape index (κ1) is 13.8. The van der Waals surface area contributed by atoms with Gasteiger partial charge in [0, 0.05) is 25.6 Å². The van der Waals surface area contributed by atoms with Crippen molar-refractivity contribution in [2.75, 3.05) is 32.8 Å². The van der Waals surface area contributed by atoms with E-state index in [2.05, 4.69) is 5.32 Å². The van der Waals surface area contributed by atoms with E-state index in [-0.39, 0.29) is 18.6 Å². The van der Waals surface area contributed by atoms with Gasteiger partial charge >= 0.3 is 0 Å². The van der Waals surface area contributed by atoms with Crippen LogP contribution in [0.2, 0.25) is 0 Å². The van der Waals surface area contributed by atoms with Gasteiger partial charge in [0.05, 0.1) is 19.3 Å². The van der Waals surface area contributed by atoms with Crippen LogP contribution in [-0.2, 0) is 9.53 Å². The maximum absolute atomic E-state index is 12.1. The fraction of sp³-hybridized carbons (Fsp3) is 0.923. The van der Waals surface area contributed by atoms with Crippen molar-refractivity contribution in [3.05, 3.63) is 0 Å². The molecule has 0 aromatic carbocycles. The van der Waals surface area contributed by atoms with E-state index in [1.54, 1.807) is 0 Å². The van der Waals surface area contributed by atoms with Gasteiger partial charge in [-0.3, -0.25) is 4.79 Å². The zero-order valence-corrected chi connectivity index (χ0v) is 10.9. The van der Waals surface area contributed by atoms with Crippen LogP contribution in [0.3, 0.4) is 0 Å². The normalized spacial score (nSPS) is 25.6. The standard InChI is InChI=1S/C13H24N2O3/c16-8-9-18-12-3-6-15(7-4-12)13(17)10-11-2-1-5-14-11/h11-12,14,16H,1-10H2. The third kappa shape index (κ3) is 3.93. The zero-order chi connectivity index (χ0) is 12.8. The predicted molar refractivity (Wildman–Crippen MR) is 68.3 cm³/mol. The molecule has 2 heterocycles. The third-order valence-electron chi connectivity index (χ3n) is 3.82. The molecule has 0 aliphatic carbocycles. The Hall–Kier alpha value is -0.650. The SMILES string of the molecule is O=C(CC1CCCN1)N1CCC(OCCO)CC1. The Morgan fingerprint density at radius 3 is 2.72 bits per heavy atom. The van der Waals surface area contributed by atoms with Crippen LogP contribution in [0.4, 0.5) is 0 Å². The summed E-state index contributed by atoms with van der Waals surface area (Å²) in [5, 5.41) is 12.1. The van der Waals surface area contributed by atoms with Crippen molar-refractivity contribution in [1.29, 1.82) is 0 Å². The molecule has 0 saturated carbocycles. The highest BCUT2D eigenvalue weighted by Crippen LogP contribution is 2.16. The number of carbonyl (C=O) groups excluding carboxylic acids is 1. The molecule has 1 unspecified atom stereocenters. The van der Waals surface area contributed by atoms with Gasteiger partial charge in [0.25, 0.3) is 0 Å². The molecular weight excluding hydrogens is 232 g/mol. The second-order valence-electron chi connectivity index (χ2n) is 5.17. The maximum Gasteiger partial charge on any atom is 0.224 e.